The van der Waals surface area contributed by atoms with Crippen molar-refractivity contribution >= 4 is 0 Å². The van der Waals surface area contributed by atoms with Crippen LogP contribution in [0.25, 0.3) is 0 Å². The minimum Gasteiger partial charge on any atom is -0.327 e. The van der Waals surface area contributed by atoms with Gasteiger partial charge in [-0.1, -0.05) is 19.9 Å². The Bertz CT molecular complexity index is 450. The van der Waals surface area contributed by atoms with Crippen LogP contribution in [0, 0.1) is 11.2 Å². The molecule has 1 aliphatic carbocycles. The van der Waals surface area contributed by atoms with Crippen molar-refractivity contribution in [2.24, 2.45) is 11.1 Å². The van der Waals surface area contributed by atoms with E-state index in [1.807, 2.05) is 13.8 Å². The maximum absolute atomic E-state index is 12.9. The second kappa shape index (κ2) is 3.45. The van der Waals surface area contributed by atoms with Gasteiger partial charge in [0.1, 0.15) is 5.82 Å². The SMILES string of the molecule is CC1(C)C(N)C1c1ccc(F)cc1C(F)(F)F. The number of halogens is 4. The van der Waals surface area contributed by atoms with Crippen molar-refractivity contribution in [2.75, 3.05) is 0 Å². The predicted octanol–water partition coefficient (Wildman–Crippen LogP) is 3.30. The lowest BCUT2D eigenvalue weighted by molar-refractivity contribution is -0.138. The molecule has 2 unspecified atom stereocenters. The van der Waals surface area contributed by atoms with Gasteiger partial charge in [0.25, 0.3) is 0 Å². The normalized spacial score (nSPS) is 27.0. The molecule has 0 radical (unpaired) electrons. The highest BCUT2D eigenvalue weighted by Gasteiger charge is 2.58. The molecule has 2 atom stereocenters. The molecule has 1 aromatic rings. The number of hydrogen-bond donors (Lipinski definition) is 1. The van der Waals surface area contributed by atoms with Crippen molar-refractivity contribution in [1.82, 2.24) is 0 Å². The van der Waals surface area contributed by atoms with Crippen LogP contribution in [0.1, 0.15) is 30.9 Å². The molecule has 1 aromatic carbocycles. The second-order valence-electron chi connectivity index (χ2n) is 5.05. The Balaban J connectivity index is 2.49. The van der Waals surface area contributed by atoms with E-state index in [1.54, 1.807) is 0 Å². The zero-order chi connectivity index (χ0) is 13.0. The quantitative estimate of drug-likeness (QED) is 0.757. The summed E-state index contributed by atoms with van der Waals surface area (Å²) >= 11 is 0. The summed E-state index contributed by atoms with van der Waals surface area (Å²) in [7, 11) is 0. The molecule has 5 heteroatoms. The summed E-state index contributed by atoms with van der Waals surface area (Å²) in [6.07, 6.45) is -4.55. The van der Waals surface area contributed by atoms with Gasteiger partial charge >= 0.3 is 6.18 Å². The van der Waals surface area contributed by atoms with E-state index in [0.717, 1.165) is 6.07 Å². The minimum atomic E-state index is -4.55. The van der Waals surface area contributed by atoms with Gasteiger partial charge in [-0.3, -0.25) is 0 Å². The van der Waals surface area contributed by atoms with E-state index in [4.69, 9.17) is 5.73 Å². The number of benzene rings is 1. The van der Waals surface area contributed by atoms with Crippen LogP contribution in [0.4, 0.5) is 17.6 Å². The third kappa shape index (κ3) is 1.92. The summed E-state index contributed by atoms with van der Waals surface area (Å²) in [6.45, 7) is 3.62. The summed E-state index contributed by atoms with van der Waals surface area (Å²) < 4.78 is 51.3. The fraction of sp³-hybridized carbons (Fsp3) is 0.500. The first-order valence-electron chi connectivity index (χ1n) is 5.28. The first kappa shape index (κ1) is 12.4. The summed E-state index contributed by atoms with van der Waals surface area (Å²) in [5, 5.41) is 0. The molecule has 2 N–H and O–H groups in total. The van der Waals surface area contributed by atoms with Crippen molar-refractivity contribution in [3.8, 4) is 0 Å². The highest BCUT2D eigenvalue weighted by atomic mass is 19.4. The molecular formula is C12H13F4N. The van der Waals surface area contributed by atoms with Gasteiger partial charge in [-0.05, 0) is 23.1 Å². The number of rotatable bonds is 1. The molecule has 1 aliphatic rings. The fourth-order valence-corrected chi connectivity index (χ4v) is 2.32. The average Bonchev–Trinajstić information content (AvgIpc) is 2.65. The van der Waals surface area contributed by atoms with Gasteiger partial charge in [0.15, 0.2) is 0 Å². The Kier molecular flexibility index (Phi) is 2.51. The first-order chi connectivity index (χ1) is 7.65. The van der Waals surface area contributed by atoms with Crippen LogP contribution in [-0.2, 0) is 6.18 Å². The Morgan fingerprint density at radius 3 is 2.18 bits per heavy atom. The van der Waals surface area contributed by atoms with Crippen LogP contribution in [0.5, 0.6) is 0 Å². The van der Waals surface area contributed by atoms with Crippen LogP contribution < -0.4 is 5.73 Å². The van der Waals surface area contributed by atoms with E-state index < -0.39 is 17.6 Å². The molecule has 94 valence electrons. The highest BCUT2D eigenvalue weighted by molar-refractivity contribution is 5.41. The lowest BCUT2D eigenvalue weighted by Gasteiger charge is -2.13. The van der Waals surface area contributed by atoms with Gasteiger partial charge in [0, 0.05) is 12.0 Å². The molecule has 0 aliphatic heterocycles. The average molecular weight is 247 g/mol. The number of alkyl halides is 3. The van der Waals surface area contributed by atoms with Crippen molar-refractivity contribution < 1.29 is 17.6 Å². The van der Waals surface area contributed by atoms with Gasteiger partial charge in [-0.2, -0.15) is 13.2 Å². The molecule has 0 saturated heterocycles. The van der Waals surface area contributed by atoms with Gasteiger partial charge in [0.05, 0.1) is 5.56 Å². The molecule has 1 saturated carbocycles. The van der Waals surface area contributed by atoms with E-state index in [2.05, 4.69) is 0 Å². The van der Waals surface area contributed by atoms with Crippen molar-refractivity contribution in [3.63, 3.8) is 0 Å². The van der Waals surface area contributed by atoms with Crippen LogP contribution in [0.3, 0.4) is 0 Å². The second-order valence-corrected chi connectivity index (χ2v) is 5.05. The summed E-state index contributed by atoms with van der Waals surface area (Å²) in [4.78, 5) is 0. The Labute approximate surface area is 96.6 Å². The third-order valence-corrected chi connectivity index (χ3v) is 3.57. The Morgan fingerprint density at radius 1 is 1.24 bits per heavy atom. The minimum absolute atomic E-state index is 0.0939. The molecule has 17 heavy (non-hydrogen) atoms. The van der Waals surface area contributed by atoms with Crippen LogP contribution >= 0.6 is 0 Å². The molecule has 1 nitrogen and oxygen atoms in total. The van der Waals surface area contributed by atoms with Gasteiger partial charge < -0.3 is 5.73 Å². The first-order valence-corrected chi connectivity index (χ1v) is 5.28. The molecule has 1 fully saturated rings. The van der Waals surface area contributed by atoms with E-state index >= 15 is 0 Å². The van der Waals surface area contributed by atoms with Gasteiger partial charge in [0.2, 0.25) is 0 Å². The molecule has 0 heterocycles. The number of hydrogen-bond acceptors (Lipinski definition) is 1. The third-order valence-electron chi connectivity index (χ3n) is 3.57. The van der Waals surface area contributed by atoms with Crippen LogP contribution in [0.2, 0.25) is 0 Å². The molecule has 2 rings (SSSR count). The predicted molar refractivity (Wildman–Crippen MR) is 55.9 cm³/mol. The van der Waals surface area contributed by atoms with Crippen molar-refractivity contribution in [2.45, 2.75) is 32.0 Å². The molecule has 0 spiro atoms. The lowest BCUT2D eigenvalue weighted by Crippen LogP contribution is -2.11. The Hall–Kier alpha value is -1.10. The highest BCUT2D eigenvalue weighted by Crippen LogP contribution is 2.59. The standard InChI is InChI=1S/C12H13F4N/c1-11(2)9(10(11)17)7-4-3-6(13)5-8(7)12(14,15)16/h3-5,9-10H,17H2,1-2H3. The zero-order valence-electron chi connectivity index (χ0n) is 9.48. The van der Waals surface area contributed by atoms with Crippen molar-refractivity contribution in [1.29, 1.82) is 0 Å². The topological polar surface area (TPSA) is 26.0 Å². The summed E-state index contributed by atoms with van der Waals surface area (Å²) in [5.41, 5.74) is 4.58. The number of nitrogens with two attached hydrogens (primary N) is 1. The van der Waals surface area contributed by atoms with E-state index in [1.165, 1.54) is 6.07 Å². The Morgan fingerprint density at radius 2 is 1.76 bits per heavy atom. The van der Waals surface area contributed by atoms with E-state index in [0.29, 0.717) is 6.07 Å². The molecule has 0 amide bonds. The lowest BCUT2D eigenvalue weighted by atomic mass is 9.97. The maximum Gasteiger partial charge on any atom is 0.416 e. The van der Waals surface area contributed by atoms with Gasteiger partial charge in [-0.15, -0.1) is 0 Å². The molecular weight excluding hydrogens is 234 g/mol. The van der Waals surface area contributed by atoms with Crippen LogP contribution in [-0.4, -0.2) is 6.04 Å². The largest absolute Gasteiger partial charge is 0.416 e. The molecule has 0 bridgehead atoms. The van der Waals surface area contributed by atoms with Crippen molar-refractivity contribution in [3.05, 3.63) is 35.1 Å². The zero-order valence-corrected chi connectivity index (χ0v) is 9.48. The van der Waals surface area contributed by atoms with E-state index in [-0.39, 0.29) is 22.9 Å². The fourth-order valence-electron chi connectivity index (χ4n) is 2.32. The maximum atomic E-state index is 12.9. The molecule has 0 aromatic heterocycles. The summed E-state index contributed by atoms with van der Waals surface area (Å²) in [5.74, 6) is -1.24. The van der Waals surface area contributed by atoms with Gasteiger partial charge in [-0.25, -0.2) is 4.39 Å². The summed E-state index contributed by atoms with van der Waals surface area (Å²) in [6, 6.07) is 2.47. The monoisotopic (exact) mass is 247 g/mol. The van der Waals surface area contributed by atoms with Crippen LogP contribution in [0.15, 0.2) is 18.2 Å². The van der Waals surface area contributed by atoms with E-state index in [9.17, 15) is 17.6 Å². The smallest absolute Gasteiger partial charge is 0.327 e.